The van der Waals surface area contributed by atoms with Crippen LogP contribution >= 0.6 is 0 Å². The highest BCUT2D eigenvalue weighted by Crippen LogP contribution is 2.19. The van der Waals surface area contributed by atoms with E-state index < -0.39 is 84.7 Å². The summed E-state index contributed by atoms with van der Waals surface area (Å²) in [7, 11) is 0. The average Bonchev–Trinajstić information content (AvgIpc) is 3.34. The van der Waals surface area contributed by atoms with Crippen LogP contribution in [0.4, 0.5) is 0 Å². The Bertz CT molecular complexity index is 912. The summed E-state index contributed by atoms with van der Waals surface area (Å²) in [5, 5.41) is 19.2. The van der Waals surface area contributed by atoms with E-state index in [9.17, 15) is 38.7 Å². The lowest BCUT2D eigenvalue weighted by Gasteiger charge is -2.29. The number of rotatable bonds is 14. The van der Waals surface area contributed by atoms with Crippen molar-refractivity contribution in [2.45, 2.75) is 83.2 Å². The van der Waals surface area contributed by atoms with Crippen LogP contribution in [0.3, 0.4) is 0 Å². The van der Waals surface area contributed by atoms with Gasteiger partial charge < -0.3 is 47.5 Å². The van der Waals surface area contributed by atoms with Crippen molar-refractivity contribution < 1.29 is 38.7 Å². The maximum atomic E-state index is 13.0. The number of amides is 6. The average molecular weight is 542 g/mol. The minimum absolute atomic E-state index is 0.131. The first-order valence-corrected chi connectivity index (χ1v) is 12.3. The van der Waals surface area contributed by atoms with Crippen LogP contribution in [0.25, 0.3) is 0 Å². The minimum Gasteiger partial charge on any atom is -0.394 e. The summed E-state index contributed by atoms with van der Waals surface area (Å²) in [5.74, 6) is -4.45. The van der Waals surface area contributed by atoms with E-state index in [4.69, 9.17) is 11.5 Å². The fourth-order valence-corrected chi connectivity index (χ4v) is 3.73. The van der Waals surface area contributed by atoms with Crippen LogP contribution < -0.4 is 32.7 Å². The molecular weight excluding hydrogens is 502 g/mol. The summed E-state index contributed by atoms with van der Waals surface area (Å²) < 4.78 is 0. The fourth-order valence-electron chi connectivity index (χ4n) is 3.73. The number of likely N-dealkylation sites (tertiary alicyclic amines) is 1. The number of nitrogens with one attached hydrogen (secondary N) is 4. The standard InChI is InChI=1S/C23H39N7O8/c1-11(2)15(9-31)28-22(37)17-6-5-7-30(17)23(38)13(4)27-21(36)16(10-32)29-19(34)12(3)26-20(35)14(24)8-18(25)33/h9,11-17,32H,5-8,10,24H2,1-4H3,(H2,25,33)(H,26,35)(H,27,36)(H,28,37)(H,29,34)/t12-,13-,14-,15+,16-,17-/m0/s1. The van der Waals surface area contributed by atoms with Crippen molar-refractivity contribution in [3.8, 4) is 0 Å². The van der Waals surface area contributed by atoms with E-state index in [-0.39, 0.29) is 12.5 Å². The van der Waals surface area contributed by atoms with E-state index in [1.807, 2.05) is 0 Å². The van der Waals surface area contributed by atoms with Crippen molar-refractivity contribution in [1.29, 1.82) is 0 Å². The van der Waals surface area contributed by atoms with Gasteiger partial charge >= 0.3 is 0 Å². The predicted molar refractivity (Wildman–Crippen MR) is 134 cm³/mol. The van der Waals surface area contributed by atoms with Crippen LogP contribution in [0, 0.1) is 5.92 Å². The van der Waals surface area contributed by atoms with Crippen molar-refractivity contribution in [3.63, 3.8) is 0 Å². The van der Waals surface area contributed by atoms with Crippen LogP contribution in [0.15, 0.2) is 0 Å². The molecule has 9 N–H and O–H groups in total. The molecule has 0 aromatic carbocycles. The van der Waals surface area contributed by atoms with Gasteiger partial charge in [-0.1, -0.05) is 13.8 Å². The van der Waals surface area contributed by atoms with Gasteiger partial charge in [-0.2, -0.15) is 0 Å². The highest BCUT2D eigenvalue weighted by atomic mass is 16.3. The molecule has 6 amide bonds. The van der Waals surface area contributed by atoms with Crippen molar-refractivity contribution in [2.75, 3.05) is 13.2 Å². The second-order valence-electron chi connectivity index (χ2n) is 9.59. The predicted octanol–water partition coefficient (Wildman–Crippen LogP) is -3.99. The first-order chi connectivity index (χ1) is 17.7. The number of carbonyl (C=O) groups is 7. The number of nitrogens with two attached hydrogens (primary N) is 2. The molecule has 1 aliphatic rings. The normalized spacial score (nSPS) is 18.9. The Labute approximate surface area is 220 Å². The largest absolute Gasteiger partial charge is 0.394 e. The Morgan fingerprint density at radius 1 is 0.947 bits per heavy atom. The molecule has 1 heterocycles. The van der Waals surface area contributed by atoms with Gasteiger partial charge in [-0.05, 0) is 32.6 Å². The molecule has 0 aromatic rings. The summed E-state index contributed by atoms with van der Waals surface area (Å²) in [6.45, 7) is 5.72. The molecule has 0 unspecified atom stereocenters. The summed E-state index contributed by atoms with van der Waals surface area (Å²) in [6.07, 6.45) is 1.16. The van der Waals surface area contributed by atoms with Gasteiger partial charge in [0.05, 0.1) is 25.1 Å². The number of carbonyl (C=O) groups excluding carboxylic acids is 7. The molecule has 15 nitrogen and oxygen atoms in total. The smallest absolute Gasteiger partial charge is 0.245 e. The Balaban J connectivity index is 2.73. The molecule has 0 aliphatic carbocycles. The third kappa shape index (κ3) is 9.37. The summed E-state index contributed by atoms with van der Waals surface area (Å²) in [4.78, 5) is 86.2. The summed E-state index contributed by atoms with van der Waals surface area (Å²) >= 11 is 0. The van der Waals surface area contributed by atoms with Crippen LogP contribution in [-0.4, -0.2) is 101 Å². The number of aldehydes is 1. The zero-order valence-electron chi connectivity index (χ0n) is 22.1. The molecule has 0 radical (unpaired) electrons. The Hall–Kier alpha value is -3.59. The molecule has 1 saturated heterocycles. The van der Waals surface area contributed by atoms with Gasteiger partial charge in [0.1, 0.15) is 30.5 Å². The van der Waals surface area contributed by atoms with Gasteiger partial charge in [-0.15, -0.1) is 0 Å². The topological polar surface area (TPSA) is 243 Å². The van der Waals surface area contributed by atoms with E-state index >= 15 is 0 Å². The second-order valence-corrected chi connectivity index (χ2v) is 9.59. The van der Waals surface area contributed by atoms with Crippen LogP contribution in [-0.2, 0) is 33.6 Å². The van der Waals surface area contributed by atoms with Crippen molar-refractivity contribution in [3.05, 3.63) is 0 Å². The van der Waals surface area contributed by atoms with Gasteiger partial charge in [0.15, 0.2) is 0 Å². The quantitative estimate of drug-likeness (QED) is 0.106. The number of hydrogen-bond acceptors (Lipinski definition) is 9. The number of hydrogen-bond donors (Lipinski definition) is 7. The highest BCUT2D eigenvalue weighted by molar-refractivity contribution is 5.96. The second kappa shape index (κ2) is 15.0. The molecule has 15 heteroatoms. The van der Waals surface area contributed by atoms with Crippen LogP contribution in [0.1, 0.15) is 47.0 Å². The molecule has 0 bridgehead atoms. The first-order valence-electron chi connectivity index (χ1n) is 12.3. The molecule has 6 atom stereocenters. The van der Waals surface area contributed by atoms with E-state index in [1.165, 1.54) is 18.7 Å². The Morgan fingerprint density at radius 3 is 2.08 bits per heavy atom. The molecule has 1 fully saturated rings. The third-order valence-corrected chi connectivity index (χ3v) is 6.07. The van der Waals surface area contributed by atoms with E-state index in [2.05, 4.69) is 21.3 Å². The lowest BCUT2D eigenvalue weighted by Crippen LogP contribution is -2.59. The SMILES string of the molecule is CC(C)[C@@H](C=O)NC(=O)[C@@H]1CCCN1C(=O)[C@H](C)NC(=O)[C@H](CO)NC(=O)[C@H](C)NC(=O)[C@@H](N)CC(N)=O. The number of aliphatic hydroxyl groups excluding tert-OH is 1. The minimum atomic E-state index is -1.45. The lowest BCUT2D eigenvalue weighted by molar-refractivity contribution is -0.142. The zero-order valence-corrected chi connectivity index (χ0v) is 22.1. The Kier molecular flexibility index (Phi) is 12.8. The van der Waals surface area contributed by atoms with Crippen molar-refractivity contribution in [2.24, 2.45) is 17.4 Å². The zero-order chi connectivity index (χ0) is 29.2. The summed E-state index contributed by atoms with van der Waals surface area (Å²) in [6, 6.07) is -6.49. The van der Waals surface area contributed by atoms with Gasteiger partial charge in [0.25, 0.3) is 0 Å². The number of aliphatic hydroxyl groups is 1. The molecule has 214 valence electrons. The van der Waals surface area contributed by atoms with Crippen LogP contribution in [0.2, 0.25) is 0 Å². The molecule has 0 saturated carbocycles. The maximum absolute atomic E-state index is 13.0. The monoisotopic (exact) mass is 541 g/mol. The Morgan fingerprint density at radius 2 is 1.55 bits per heavy atom. The van der Waals surface area contributed by atoms with E-state index in [1.54, 1.807) is 13.8 Å². The van der Waals surface area contributed by atoms with Gasteiger partial charge in [0, 0.05) is 6.54 Å². The number of primary amides is 1. The molecular formula is C23H39N7O8. The first kappa shape index (κ1) is 32.4. The van der Waals surface area contributed by atoms with Crippen molar-refractivity contribution >= 4 is 41.7 Å². The number of nitrogens with zero attached hydrogens (tertiary/aromatic N) is 1. The lowest BCUT2D eigenvalue weighted by atomic mass is 10.1. The van der Waals surface area contributed by atoms with Crippen LogP contribution in [0.5, 0.6) is 0 Å². The molecule has 1 aliphatic heterocycles. The van der Waals surface area contributed by atoms with Gasteiger partial charge in [0.2, 0.25) is 35.4 Å². The van der Waals surface area contributed by atoms with E-state index in [0.717, 1.165) is 0 Å². The summed E-state index contributed by atoms with van der Waals surface area (Å²) in [5.41, 5.74) is 10.5. The molecule has 0 aromatic heterocycles. The van der Waals surface area contributed by atoms with Crippen molar-refractivity contribution in [1.82, 2.24) is 26.2 Å². The maximum Gasteiger partial charge on any atom is 0.245 e. The fraction of sp³-hybridized carbons (Fsp3) is 0.696. The highest BCUT2D eigenvalue weighted by Gasteiger charge is 2.38. The molecule has 38 heavy (non-hydrogen) atoms. The molecule has 0 spiro atoms. The van der Waals surface area contributed by atoms with Gasteiger partial charge in [-0.25, -0.2) is 0 Å². The molecule has 1 rings (SSSR count). The van der Waals surface area contributed by atoms with E-state index in [0.29, 0.717) is 19.1 Å². The third-order valence-electron chi connectivity index (χ3n) is 6.07. The van der Waals surface area contributed by atoms with Gasteiger partial charge in [-0.3, -0.25) is 28.8 Å².